The van der Waals surface area contributed by atoms with Crippen LogP contribution >= 0.6 is 0 Å². The van der Waals surface area contributed by atoms with Crippen LogP contribution in [0.15, 0.2) is 188 Å². The van der Waals surface area contributed by atoms with E-state index in [1.807, 2.05) is 0 Å². The molecule has 9 aromatic carbocycles. The first-order chi connectivity index (χ1) is 29.7. The van der Waals surface area contributed by atoms with Gasteiger partial charge in [-0.1, -0.05) is 155 Å². The van der Waals surface area contributed by atoms with Gasteiger partial charge in [-0.15, -0.1) is 0 Å². The number of hydrogen-bond acceptors (Lipinski definition) is 2. The molecule has 0 fully saturated rings. The number of benzene rings is 9. The molecular formula is C59H43NO. The van der Waals surface area contributed by atoms with Crippen LogP contribution in [-0.2, 0) is 16.2 Å². The number of ether oxygens (including phenoxy) is 1. The molecule has 1 aliphatic heterocycles. The molecule has 290 valence electrons. The Balaban J connectivity index is 1.10. The smallest absolute Gasteiger partial charge is 0.132 e. The lowest BCUT2D eigenvalue weighted by molar-refractivity contribution is 0.436. The number of para-hydroxylation sites is 2. The summed E-state index contributed by atoms with van der Waals surface area (Å²) in [4.78, 5) is 2.51. The first kappa shape index (κ1) is 34.7. The minimum absolute atomic E-state index is 0.0856. The molecule has 0 bridgehead atoms. The summed E-state index contributed by atoms with van der Waals surface area (Å²) in [7, 11) is 0. The van der Waals surface area contributed by atoms with Crippen molar-refractivity contribution in [3.05, 3.63) is 233 Å². The van der Waals surface area contributed by atoms with Crippen molar-refractivity contribution in [1.82, 2.24) is 0 Å². The number of hydrogen-bond donors (Lipinski definition) is 0. The van der Waals surface area contributed by atoms with Crippen molar-refractivity contribution in [2.45, 2.75) is 43.9 Å². The maximum absolute atomic E-state index is 6.76. The van der Waals surface area contributed by atoms with Gasteiger partial charge in [-0.05, 0) is 138 Å². The lowest BCUT2D eigenvalue weighted by atomic mass is 9.66. The van der Waals surface area contributed by atoms with Crippen LogP contribution in [0.3, 0.4) is 0 Å². The Morgan fingerprint density at radius 1 is 0.311 bits per heavy atom. The highest BCUT2D eigenvalue weighted by atomic mass is 16.5. The van der Waals surface area contributed by atoms with Crippen LogP contribution in [0.5, 0.6) is 11.5 Å². The summed E-state index contributed by atoms with van der Waals surface area (Å²) in [5.41, 5.74) is 20.8. The topological polar surface area (TPSA) is 12.5 Å². The van der Waals surface area contributed by atoms with Gasteiger partial charge in [0.1, 0.15) is 11.5 Å². The van der Waals surface area contributed by atoms with E-state index >= 15 is 0 Å². The van der Waals surface area contributed by atoms with Crippen molar-refractivity contribution in [3.8, 4) is 44.9 Å². The molecule has 1 spiro atoms. The number of nitrogens with zero attached hydrogens (tertiary/aromatic N) is 1. The van der Waals surface area contributed by atoms with Crippen molar-refractivity contribution in [2.24, 2.45) is 0 Å². The standard InChI is InChI=1S/C59H43NO/c1-57(2)48-20-10-8-18-42(48)46-33-38(27-30-49(46)57)60(39-25-28-43-41-17-7-9-19-47(41)58(3,4)52(43)34-39)40-26-29-44-45-31-36-15-5-6-16-37(36)32-53(45)59(54(44)35-40)50-21-11-13-23-55(50)61-56-24-14-12-22-51(56)59/h5-35H,1-4H3. The summed E-state index contributed by atoms with van der Waals surface area (Å²) in [6, 6.07) is 70.5. The molecule has 0 unspecified atom stereocenters. The molecule has 9 aromatic rings. The van der Waals surface area contributed by atoms with E-state index in [4.69, 9.17) is 4.74 Å². The summed E-state index contributed by atoms with van der Waals surface area (Å²) in [6.45, 7) is 9.47. The third kappa shape index (κ3) is 4.47. The molecule has 1 heterocycles. The minimum Gasteiger partial charge on any atom is -0.457 e. The molecule has 0 aromatic heterocycles. The Morgan fingerprint density at radius 2 is 0.721 bits per heavy atom. The van der Waals surface area contributed by atoms with Gasteiger partial charge in [0.25, 0.3) is 0 Å². The summed E-state index contributed by atoms with van der Waals surface area (Å²) in [5.74, 6) is 1.80. The van der Waals surface area contributed by atoms with E-state index in [0.29, 0.717) is 0 Å². The Kier molecular flexibility index (Phi) is 6.81. The van der Waals surface area contributed by atoms with Crippen LogP contribution in [0, 0.1) is 0 Å². The van der Waals surface area contributed by atoms with Crippen LogP contribution in [0.1, 0.15) is 72.2 Å². The quantitative estimate of drug-likeness (QED) is 0.177. The fraction of sp³-hybridized carbons (Fsp3) is 0.119. The van der Waals surface area contributed by atoms with E-state index in [-0.39, 0.29) is 10.8 Å². The van der Waals surface area contributed by atoms with Crippen molar-refractivity contribution in [1.29, 1.82) is 0 Å². The second-order valence-corrected chi connectivity index (χ2v) is 18.5. The van der Waals surface area contributed by atoms with Crippen LogP contribution in [-0.4, -0.2) is 0 Å². The van der Waals surface area contributed by atoms with Gasteiger partial charge in [0.05, 0.1) is 5.41 Å². The summed E-state index contributed by atoms with van der Waals surface area (Å²) in [5, 5.41) is 2.48. The Morgan fingerprint density at radius 3 is 1.38 bits per heavy atom. The van der Waals surface area contributed by atoms with Gasteiger partial charge >= 0.3 is 0 Å². The highest BCUT2D eigenvalue weighted by Crippen LogP contribution is 2.63. The molecule has 0 saturated carbocycles. The molecule has 0 saturated heterocycles. The molecule has 0 atom stereocenters. The van der Waals surface area contributed by atoms with Crippen molar-refractivity contribution in [2.75, 3.05) is 4.90 Å². The summed E-state index contributed by atoms with van der Waals surface area (Å²) < 4.78 is 6.76. The van der Waals surface area contributed by atoms with Gasteiger partial charge < -0.3 is 9.64 Å². The fourth-order valence-electron chi connectivity index (χ4n) is 11.8. The predicted octanol–water partition coefficient (Wildman–Crippen LogP) is 15.4. The summed E-state index contributed by atoms with van der Waals surface area (Å²) in [6.07, 6.45) is 0. The number of anilines is 3. The van der Waals surface area contributed by atoms with Crippen LogP contribution < -0.4 is 9.64 Å². The Hall–Kier alpha value is -7.16. The third-order valence-corrected chi connectivity index (χ3v) is 14.7. The third-order valence-electron chi connectivity index (χ3n) is 14.7. The zero-order chi connectivity index (χ0) is 40.8. The van der Waals surface area contributed by atoms with Gasteiger partial charge in [-0.25, -0.2) is 0 Å². The second kappa shape index (κ2) is 12.0. The predicted molar refractivity (Wildman–Crippen MR) is 251 cm³/mol. The van der Waals surface area contributed by atoms with Gasteiger partial charge in [-0.2, -0.15) is 0 Å². The lowest BCUT2D eigenvalue weighted by Gasteiger charge is -2.39. The molecular weight excluding hydrogens is 739 g/mol. The lowest BCUT2D eigenvalue weighted by Crippen LogP contribution is -2.32. The average Bonchev–Trinajstić information content (AvgIpc) is 3.79. The van der Waals surface area contributed by atoms with Crippen molar-refractivity contribution >= 4 is 27.8 Å². The van der Waals surface area contributed by atoms with E-state index in [9.17, 15) is 0 Å². The van der Waals surface area contributed by atoms with Gasteiger partial charge in [0.2, 0.25) is 0 Å². The zero-order valence-electron chi connectivity index (χ0n) is 34.8. The van der Waals surface area contributed by atoms with Crippen molar-refractivity contribution in [3.63, 3.8) is 0 Å². The van der Waals surface area contributed by atoms with Gasteiger partial charge in [0, 0.05) is 39.0 Å². The van der Waals surface area contributed by atoms with Crippen LogP contribution in [0.4, 0.5) is 17.1 Å². The number of fused-ring (bicyclic) bond motifs is 16. The Bertz CT molecular complexity index is 3320. The van der Waals surface area contributed by atoms with Gasteiger partial charge in [0.15, 0.2) is 0 Å². The van der Waals surface area contributed by atoms with E-state index < -0.39 is 5.41 Å². The number of rotatable bonds is 3. The molecule has 3 aliphatic carbocycles. The zero-order valence-corrected chi connectivity index (χ0v) is 34.8. The largest absolute Gasteiger partial charge is 0.457 e. The monoisotopic (exact) mass is 781 g/mol. The SMILES string of the molecule is CC1(C)c2ccccc2-c2cc(N(c3ccc4c(c3)C(C)(C)c3ccccc3-4)c3ccc4c(c3)C3(c5ccccc5Oc5ccccc53)c3cc5ccccc5cc3-4)ccc21. The average molecular weight is 782 g/mol. The maximum Gasteiger partial charge on any atom is 0.132 e. The minimum atomic E-state index is -0.607. The molecule has 61 heavy (non-hydrogen) atoms. The van der Waals surface area contributed by atoms with E-state index in [0.717, 1.165) is 28.6 Å². The van der Waals surface area contributed by atoms with E-state index in [1.54, 1.807) is 0 Å². The molecule has 13 rings (SSSR count). The highest BCUT2D eigenvalue weighted by molar-refractivity contribution is 5.98. The molecule has 2 heteroatoms. The first-order valence-electron chi connectivity index (χ1n) is 21.6. The Labute approximate surface area is 357 Å². The van der Waals surface area contributed by atoms with E-state index in [1.165, 1.54) is 88.7 Å². The molecule has 0 radical (unpaired) electrons. The molecule has 0 amide bonds. The summed E-state index contributed by atoms with van der Waals surface area (Å²) >= 11 is 0. The van der Waals surface area contributed by atoms with Crippen molar-refractivity contribution < 1.29 is 4.74 Å². The van der Waals surface area contributed by atoms with Crippen LogP contribution in [0.2, 0.25) is 0 Å². The second-order valence-electron chi connectivity index (χ2n) is 18.5. The van der Waals surface area contributed by atoms with E-state index in [2.05, 4.69) is 221 Å². The highest BCUT2D eigenvalue weighted by Gasteiger charge is 2.51. The fourth-order valence-corrected chi connectivity index (χ4v) is 11.8. The molecule has 0 N–H and O–H groups in total. The molecule has 2 nitrogen and oxygen atoms in total. The van der Waals surface area contributed by atoms with Gasteiger partial charge in [-0.3, -0.25) is 0 Å². The normalized spacial score (nSPS) is 15.7. The molecule has 4 aliphatic rings. The van der Waals surface area contributed by atoms with Crippen LogP contribution in [0.25, 0.3) is 44.2 Å². The first-order valence-corrected chi connectivity index (χ1v) is 21.6. The maximum atomic E-state index is 6.76.